The van der Waals surface area contributed by atoms with E-state index in [4.69, 9.17) is 17.2 Å². The number of anilines is 3. The van der Waals surface area contributed by atoms with Gasteiger partial charge < -0.3 is 17.2 Å². The molecule has 0 saturated heterocycles. The van der Waals surface area contributed by atoms with Crippen molar-refractivity contribution >= 4 is 17.1 Å². The van der Waals surface area contributed by atoms with Crippen LogP contribution < -0.4 is 17.2 Å². The van der Waals surface area contributed by atoms with Gasteiger partial charge in [0.15, 0.2) is 0 Å². The largest absolute Gasteiger partial charge is 0.399 e. The summed E-state index contributed by atoms with van der Waals surface area (Å²) < 4.78 is 0. The highest BCUT2D eigenvalue weighted by Gasteiger charge is 2.10. The minimum absolute atomic E-state index is 0.822. The summed E-state index contributed by atoms with van der Waals surface area (Å²) in [5, 5.41) is 0. The maximum Gasteiger partial charge on any atom is 0.0379 e. The molecule has 0 atom stereocenters. The van der Waals surface area contributed by atoms with E-state index in [0.717, 1.165) is 49.2 Å². The van der Waals surface area contributed by atoms with Crippen molar-refractivity contribution in [1.82, 2.24) is 0 Å². The van der Waals surface area contributed by atoms with Crippen molar-refractivity contribution in [3.05, 3.63) is 88.0 Å². The van der Waals surface area contributed by atoms with Crippen LogP contribution in [-0.2, 0) is 32.1 Å². The first-order valence-electron chi connectivity index (χ1n) is 11.0. The SMILES string of the molecule is CCc1cc(Cc2cc(CC)c(N)c(CC)c2)cc(CC)c1N.Nc1ccccc1. The Hall–Kier alpha value is -2.94. The van der Waals surface area contributed by atoms with Crippen LogP contribution in [0.3, 0.4) is 0 Å². The van der Waals surface area contributed by atoms with E-state index >= 15 is 0 Å². The molecule has 3 heteroatoms. The quantitative estimate of drug-likeness (QED) is 0.444. The molecule has 0 unspecified atom stereocenters. The fraction of sp³-hybridized carbons (Fsp3) is 0.333. The number of benzene rings is 3. The van der Waals surface area contributed by atoms with E-state index in [0.29, 0.717) is 0 Å². The zero-order valence-corrected chi connectivity index (χ0v) is 19.0. The summed E-state index contributed by atoms with van der Waals surface area (Å²) in [6.07, 6.45) is 4.87. The molecule has 0 aliphatic rings. The molecule has 0 aliphatic heterocycles. The van der Waals surface area contributed by atoms with Crippen LogP contribution in [-0.4, -0.2) is 0 Å². The molecule has 0 spiro atoms. The monoisotopic (exact) mass is 403 g/mol. The average Bonchev–Trinajstić information content (AvgIpc) is 2.76. The molecule has 0 aromatic heterocycles. The molecule has 30 heavy (non-hydrogen) atoms. The lowest BCUT2D eigenvalue weighted by molar-refractivity contribution is 1.04. The Morgan fingerprint density at radius 2 is 0.867 bits per heavy atom. The van der Waals surface area contributed by atoms with Crippen molar-refractivity contribution in [2.45, 2.75) is 59.8 Å². The van der Waals surface area contributed by atoms with Gasteiger partial charge in [-0.15, -0.1) is 0 Å². The van der Waals surface area contributed by atoms with Gasteiger partial charge in [0, 0.05) is 17.1 Å². The summed E-state index contributed by atoms with van der Waals surface area (Å²) in [4.78, 5) is 0. The summed E-state index contributed by atoms with van der Waals surface area (Å²) >= 11 is 0. The van der Waals surface area contributed by atoms with Gasteiger partial charge in [-0.05, 0) is 77.6 Å². The molecule has 3 aromatic carbocycles. The fourth-order valence-electron chi connectivity index (χ4n) is 3.76. The van der Waals surface area contributed by atoms with Gasteiger partial charge >= 0.3 is 0 Å². The third-order valence-electron chi connectivity index (χ3n) is 5.55. The second kappa shape index (κ2) is 11.3. The third-order valence-corrected chi connectivity index (χ3v) is 5.55. The van der Waals surface area contributed by atoms with Crippen LogP contribution in [0.15, 0.2) is 54.6 Å². The topological polar surface area (TPSA) is 78.1 Å². The Morgan fingerprint density at radius 1 is 0.533 bits per heavy atom. The predicted octanol–water partition coefficient (Wildman–Crippen LogP) is 5.96. The Balaban J connectivity index is 0.000000386. The zero-order valence-electron chi connectivity index (χ0n) is 19.0. The summed E-state index contributed by atoms with van der Waals surface area (Å²) in [7, 11) is 0. The van der Waals surface area contributed by atoms with Crippen LogP contribution in [0.1, 0.15) is 61.1 Å². The maximum absolute atomic E-state index is 6.26. The van der Waals surface area contributed by atoms with E-state index in [-0.39, 0.29) is 0 Å². The molecule has 0 fully saturated rings. The Morgan fingerprint density at radius 3 is 1.10 bits per heavy atom. The molecule has 3 nitrogen and oxygen atoms in total. The second-order valence-electron chi connectivity index (χ2n) is 7.66. The van der Waals surface area contributed by atoms with Gasteiger partial charge in [0.1, 0.15) is 0 Å². The molecule has 6 N–H and O–H groups in total. The van der Waals surface area contributed by atoms with Crippen molar-refractivity contribution in [2.75, 3.05) is 17.2 Å². The molecule has 3 aromatic rings. The summed E-state index contributed by atoms with van der Waals surface area (Å²) in [6, 6.07) is 18.6. The van der Waals surface area contributed by atoms with E-state index < -0.39 is 0 Å². The van der Waals surface area contributed by atoms with Gasteiger partial charge in [-0.2, -0.15) is 0 Å². The van der Waals surface area contributed by atoms with Crippen molar-refractivity contribution < 1.29 is 0 Å². The van der Waals surface area contributed by atoms with Crippen molar-refractivity contribution in [3.8, 4) is 0 Å². The minimum atomic E-state index is 0.822. The Bertz CT molecular complexity index is 836. The van der Waals surface area contributed by atoms with Crippen molar-refractivity contribution in [3.63, 3.8) is 0 Å². The van der Waals surface area contributed by atoms with E-state index in [9.17, 15) is 0 Å². The van der Waals surface area contributed by atoms with Gasteiger partial charge in [-0.3, -0.25) is 0 Å². The summed E-state index contributed by atoms with van der Waals surface area (Å²) in [6.45, 7) is 8.68. The van der Waals surface area contributed by atoms with Crippen LogP contribution in [0.2, 0.25) is 0 Å². The molecule has 0 aliphatic carbocycles. The van der Waals surface area contributed by atoms with Crippen LogP contribution in [0.4, 0.5) is 17.1 Å². The van der Waals surface area contributed by atoms with Crippen LogP contribution in [0, 0.1) is 0 Å². The number of aryl methyl sites for hydroxylation is 4. The standard InChI is InChI=1S/C21H30N2.C6H7N/c1-5-16-10-14(11-17(6-2)20(16)22)9-15-12-18(7-3)21(23)19(8-4)13-15;7-6-4-2-1-3-5-6/h10-13H,5-9,22-23H2,1-4H3;1-5H,7H2. The highest BCUT2D eigenvalue weighted by atomic mass is 14.6. The van der Waals surface area contributed by atoms with Crippen LogP contribution >= 0.6 is 0 Å². The van der Waals surface area contributed by atoms with Crippen LogP contribution in [0.25, 0.3) is 0 Å². The van der Waals surface area contributed by atoms with E-state index in [1.807, 2.05) is 30.3 Å². The maximum atomic E-state index is 6.26. The number of para-hydroxylation sites is 1. The van der Waals surface area contributed by atoms with E-state index in [2.05, 4.69) is 52.0 Å². The van der Waals surface area contributed by atoms with Gasteiger partial charge in [-0.25, -0.2) is 0 Å². The molecule has 0 bridgehead atoms. The number of hydrogen-bond acceptors (Lipinski definition) is 3. The normalized spacial score (nSPS) is 10.4. The second-order valence-corrected chi connectivity index (χ2v) is 7.66. The number of hydrogen-bond donors (Lipinski definition) is 3. The Kier molecular flexibility index (Phi) is 8.79. The van der Waals surface area contributed by atoms with Gasteiger partial charge in [0.05, 0.1) is 0 Å². The fourth-order valence-corrected chi connectivity index (χ4v) is 3.76. The lowest BCUT2D eigenvalue weighted by Gasteiger charge is -2.15. The molecule has 0 heterocycles. The molecule has 0 radical (unpaired) electrons. The molecule has 0 saturated carbocycles. The molecule has 0 amide bonds. The smallest absolute Gasteiger partial charge is 0.0379 e. The first-order valence-corrected chi connectivity index (χ1v) is 11.0. The average molecular weight is 404 g/mol. The van der Waals surface area contributed by atoms with Crippen LogP contribution in [0.5, 0.6) is 0 Å². The third kappa shape index (κ3) is 6.03. The number of rotatable bonds is 6. The van der Waals surface area contributed by atoms with E-state index in [1.54, 1.807) is 0 Å². The lowest BCUT2D eigenvalue weighted by Crippen LogP contribution is -2.04. The van der Waals surface area contributed by atoms with Crippen molar-refractivity contribution in [2.24, 2.45) is 0 Å². The van der Waals surface area contributed by atoms with Gasteiger partial charge in [0.2, 0.25) is 0 Å². The summed E-state index contributed by atoms with van der Waals surface area (Å²) in [5.41, 5.74) is 28.4. The number of nitrogen functional groups attached to an aromatic ring is 3. The molecule has 160 valence electrons. The predicted molar refractivity (Wildman–Crippen MR) is 133 cm³/mol. The first-order chi connectivity index (χ1) is 14.4. The molecular weight excluding hydrogens is 366 g/mol. The Labute approximate surface area is 182 Å². The molecular formula is C27H37N3. The zero-order chi connectivity index (χ0) is 22.1. The van der Waals surface area contributed by atoms with Crippen molar-refractivity contribution in [1.29, 1.82) is 0 Å². The summed E-state index contributed by atoms with van der Waals surface area (Å²) in [5.74, 6) is 0. The number of nitrogens with two attached hydrogens (primary N) is 3. The van der Waals surface area contributed by atoms with Gasteiger partial charge in [-0.1, -0.05) is 70.2 Å². The van der Waals surface area contributed by atoms with E-state index in [1.165, 1.54) is 33.4 Å². The highest BCUT2D eigenvalue weighted by Crippen LogP contribution is 2.26. The van der Waals surface area contributed by atoms with Gasteiger partial charge in [0.25, 0.3) is 0 Å². The lowest BCUT2D eigenvalue weighted by atomic mass is 9.93. The highest BCUT2D eigenvalue weighted by molar-refractivity contribution is 5.58. The molecule has 3 rings (SSSR count). The minimum Gasteiger partial charge on any atom is -0.399 e. The first kappa shape index (κ1) is 23.3.